The second-order valence-electron chi connectivity index (χ2n) is 8.74. The zero-order valence-electron chi connectivity index (χ0n) is 21.2. The number of hydrogen-bond acceptors (Lipinski definition) is 5. The molecule has 2 aromatic carbocycles. The van der Waals surface area contributed by atoms with E-state index < -0.39 is 17.5 Å². The third-order valence-electron chi connectivity index (χ3n) is 5.77. The van der Waals surface area contributed by atoms with Crippen molar-refractivity contribution in [2.45, 2.75) is 19.3 Å². The standard InChI is InChI=1S/C26H30ClF2N5O3/c1-33(2)13-7-5-6-12-30-25(35)17-9-8-16(14-19(17)27)32-26(36)24-31-15-20(34(24)3)18-10-11-21(37-4)23(29)22(18)28/h8-11,14-15H,5-7,12-13H2,1-4H3,(H,30,35)(H,32,36). The Morgan fingerprint density at radius 1 is 1.08 bits per heavy atom. The summed E-state index contributed by atoms with van der Waals surface area (Å²) in [4.78, 5) is 31.5. The molecule has 0 unspecified atom stereocenters. The third-order valence-corrected chi connectivity index (χ3v) is 6.09. The lowest BCUT2D eigenvalue weighted by molar-refractivity contribution is 0.0952. The van der Waals surface area contributed by atoms with Gasteiger partial charge in [-0.25, -0.2) is 9.37 Å². The normalized spacial score (nSPS) is 11.0. The molecule has 3 rings (SSSR count). The molecule has 2 N–H and O–H groups in total. The smallest absolute Gasteiger partial charge is 0.291 e. The molecule has 0 bridgehead atoms. The van der Waals surface area contributed by atoms with Crippen LogP contribution in [0.5, 0.6) is 5.75 Å². The van der Waals surface area contributed by atoms with Crippen LogP contribution in [0.4, 0.5) is 14.5 Å². The van der Waals surface area contributed by atoms with E-state index in [1.54, 1.807) is 6.07 Å². The number of imidazole rings is 1. The number of anilines is 1. The number of carbonyl (C=O) groups excluding carboxylic acids is 2. The van der Waals surface area contributed by atoms with E-state index in [-0.39, 0.29) is 33.8 Å². The van der Waals surface area contributed by atoms with Crippen molar-refractivity contribution >= 4 is 29.1 Å². The van der Waals surface area contributed by atoms with Crippen molar-refractivity contribution in [1.29, 1.82) is 0 Å². The van der Waals surface area contributed by atoms with E-state index >= 15 is 0 Å². The largest absolute Gasteiger partial charge is 0.494 e. The molecule has 0 spiro atoms. The lowest BCUT2D eigenvalue weighted by atomic mass is 10.1. The van der Waals surface area contributed by atoms with Crippen LogP contribution in [-0.2, 0) is 7.05 Å². The summed E-state index contributed by atoms with van der Waals surface area (Å²) in [5.41, 5.74) is 0.783. The van der Waals surface area contributed by atoms with Crippen LogP contribution in [0.2, 0.25) is 5.02 Å². The van der Waals surface area contributed by atoms with E-state index in [0.717, 1.165) is 25.8 Å². The monoisotopic (exact) mass is 533 g/mol. The van der Waals surface area contributed by atoms with Crippen molar-refractivity contribution in [1.82, 2.24) is 19.8 Å². The van der Waals surface area contributed by atoms with Crippen LogP contribution in [0.1, 0.15) is 40.2 Å². The Balaban J connectivity index is 1.64. The van der Waals surface area contributed by atoms with E-state index in [0.29, 0.717) is 17.8 Å². The molecule has 0 radical (unpaired) electrons. The van der Waals surface area contributed by atoms with Gasteiger partial charge in [-0.15, -0.1) is 0 Å². The molecular formula is C26H30ClF2N5O3. The summed E-state index contributed by atoms with van der Waals surface area (Å²) >= 11 is 6.30. The Bertz CT molecular complexity index is 1280. The fourth-order valence-electron chi connectivity index (χ4n) is 3.75. The molecule has 1 aromatic heterocycles. The fraction of sp³-hybridized carbons (Fsp3) is 0.346. The molecule has 11 heteroatoms. The molecule has 2 amide bonds. The van der Waals surface area contributed by atoms with E-state index in [1.807, 2.05) is 14.1 Å². The molecule has 37 heavy (non-hydrogen) atoms. The summed E-state index contributed by atoms with van der Waals surface area (Å²) < 4.78 is 34.8. The molecule has 3 aromatic rings. The predicted molar refractivity (Wildman–Crippen MR) is 139 cm³/mol. The van der Waals surface area contributed by atoms with Crippen LogP contribution in [0, 0.1) is 11.6 Å². The molecule has 8 nitrogen and oxygen atoms in total. The number of amides is 2. The van der Waals surface area contributed by atoms with E-state index in [9.17, 15) is 18.4 Å². The topological polar surface area (TPSA) is 88.5 Å². The van der Waals surface area contributed by atoms with Gasteiger partial charge in [-0.05, 0) is 63.8 Å². The Morgan fingerprint density at radius 2 is 1.84 bits per heavy atom. The zero-order chi connectivity index (χ0) is 27.1. The maximum absolute atomic E-state index is 14.5. The van der Waals surface area contributed by atoms with Crippen LogP contribution >= 0.6 is 11.6 Å². The molecule has 0 saturated heterocycles. The molecule has 0 fully saturated rings. The van der Waals surface area contributed by atoms with Gasteiger partial charge in [0.2, 0.25) is 5.82 Å². The first-order valence-corrected chi connectivity index (χ1v) is 12.1. The number of unbranched alkanes of at least 4 members (excludes halogenated alkanes) is 2. The Morgan fingerprint density at radius 3 is 2.51 bits per heavy atom. The Hall–Kier alpha value is -3.50. The van der Waals surface area contributed by atoms with E-state index in [1.165, 1.54) is 49.2 Å². The van der Waals surface area contributed by atoms with Crippen molar-refractivity contribution in [3.05, 3.63) is 64.6 Å². The summed E-state index contributed by atoms with van der Waals surface area (Å²) in [6.45, 7) is 1.55. The zero-order valence-corrected chi connectivity index (χ0v) is 22.0. The van der Waals surface area contributed by atoms with Crippen LogP contribution in [-0.4, -0.2) is 60.6 Å². The van der Waals surface area contributed by atoms with Gasteiger partial charge >= 0.3 is 0 Å². The average Bonchev–Trinajstić information content (AvgIpc) is 3.23. The minimum atomic E-state index is -1.13. The number of aromatic nitrogens is 2. The molecule has 0 atom stereocenters. The highest BCUT2D eigenvalue weighted by molar-refractivity contribution is 6.34. The average molecular weight is 534 g/mol. The number of carbonyl (C=O) groups is 2. The van der Waals surface area contributed by atoms with Gasteiger partial charge < -0.3 is 24.8 Å². The van der Waals surface area contributed by atoms with E-state index in [4.69, 9.17) is 16.3 Å². The predicted octanol–water partition coefficient (Wildman–Crippen LogP) is 4.74. The highest BCUT2D eigenvalue weighted by Crippen LogP contribution is 2.30. The highest BCUT2D eigenvalue weighted by atomic mass is 35.5. The van der Waals surface area contributed by atoms with Crippen LogP contribution < -0.4 is 15.4 Å². The number of methoxy groups -OCH3 is 1. The molecule has 0 aliphatic heterocycles. The van der Waals surface area contributed by atoms with Crippen molar-refractivity contribution < 1.29 is 23.1 Å². The molecular weight excluding hydrogens is 504 g/mol. The third kappa shape index (κ3) is 6.84. The van der Waals surface area contributed by atoms with Gasteiger partial charge in [0.15, 0.2) is 17.4 Å². The van der Waals surface area contributed by atoms with Gasteiger partial charge in [0.05, 0.1) is 29.6 Å². The first-order valence-electron chi connectivity index (χ1n) is 11.7. The Kier molecular flexibility index (Phi) is 9.60. The molecule has 0 aliphatic carbocycles. The fourth-order valence-corrected chi connectivity index (χ4v) is 4.02. The van der Waals surface area contributed by atoms with Gasteiger partial charge in [-0.2, -0.15) is 4.39 Å². The first-order chi connectivity index (χ1) is 17.6. The quantitative estimate of drug-likeness (QED) is 0.348. The van der Waals surface area contributed by atoms with Gasteiger partial charge in [0.25, 0.3) is 11.8 Å². The highest BCUT2D eigenvalue weighted by Gasteiger charge is 2.21. The van der Waals surface area contributed by atoms with Crippen molar-refractivity contribution in [3.63, 3.8) is 0 Å². The minimum Gasteiger partial charge on any atom is -0.494 e. The molecule has 0 aliphatic rings. The number of nitrogens with one attached hydrogen (secondary N) is 2. The van der Waals surface area contributed by atoms with Crippen LogP contribution in [0.25, 0.3) is 11.3 Å². The molecule has 0 saturated carbocycles. The second-order valence-corrected chi connectivity index (χ2v) is 9.15. The summed E-state index contributed by atoms with van der Waals surface area (Å²) in [5, 5.41) is 5.69. The van der Waals surface area contributed by atoms with Gasteiger partial charge in [-0.1, -0.05) is 18.0 Å². The number of hydrogen-bond donors (Lipinski definition) is 2. The number of halogens is 3. The van der Waals surface area contributed by atoms with Crippen LogP contribution in [0.15, 0.2) is 36.5 Å². The number of benzene rings is 2. The lowest BCUT2D eigenvalue weighted by Crippen LogP contribution is -2.25. The van der Waals surface area contributed by atoms with Gasteiger partial charge in [0, 0.05) is 24.8 Å². The molecule has 198 valence electrons. The summed E-state index contributed by atoms with van der Waals surface area (Å²) in [5.74, 6) is -3.38. The van der Waals surface area contributed by atoms with Crippen molar-refractivity contribution in [3.8, 4) is 17.0 Å². The van der Waals surface area contributed by atoms with E-state index in [2.05, 4.69) is 20.5 Å². The SMILES string of the molecule is COc1ccc(-c2cnc(C(=O)Nc3ccc(C(=O)NCCCCCN(C)C)c(Cl)c3)n2C)c(F)c1F. The number of ether oxygens (including phenoxy) is 1. The van der Waals surface area contributed by atoms with Gasteiger partial charge in [0.1, 0.15) is 0 Å². The number of nitrogens with zero attached hydrogens (tertiary/aromatic N) is 3. The maximum atomic E-state index is 14.5. The Labute approximate surface area is 219 Å². The summed E-state index contributed by atoms with van der Waals surface area (Å²) in [6, 6.07) is 7.19. The minimum absolute atomic E-state index is 0.0298. The van der Waals surface area contributed by atoms with Gasteiger partial charge in [-0.3, -0.25) is 9.59 Å². The summed E-state index contributed by atoms with van der Waals surface area (Å²) in [6.07, 6.45) is 4.21. The summed E-state index contributed by atoms with van der Waals surface area (Å²) in [7, 11) is 6.80. The van der Waals surface area contributed by atoms with Crippen molar-refractivity contribution in [2.24, 2.45) is 7.05 Å². The molecule has 1 heterocycles. The van der Waals surface area contributed by atoms with Crippen molar-refractivity contribution in [2.75, 3.05) is 39.6 Å². The second kappa shape index (κ2) is 12.6. The lowest BCUT2D eigenvalue weighted by Gasteiger charge is -2.11. The number of rotatable bonds is 11. The first kappa shape index (κ1) is 28.1. The van der Waals surface area contributed by atoms with Crippen LogP contribution in [0.3, 0.4) is 0 Å². The maximum Gasteiger partial charge on any atom is 0.291 e.